The van der Waals surface area contributed by atoms with Gasteiger partial charge in [0.25, 0.3) is 5.91 Å². The molecule has 2 heterocycles. The average molecular weight is 391 g/mol. The second-order valence-corrected chi connectivity index (χ2v) is 7.79. The molecule has 0 aliphatic rings. The van der Waals surface area contributed by atoms with Gasteiger partial charge in [0.15, 0.2) is 5.76 Å². The predicted molar refractivity (Wildman–Crippen MR) is 113 cm³/mol. The first kappa shape index (κ1) is 18.4. The summed E-state index contributed by atoms with van der Waals surface area (Å²) in [6, 6.07) is 19.5. The van der Waals surface area contributed by atoms with Crippen LogP contribution in [0.1, 0.15) is 21.3 Å². The Bertz CT molecular complexity index is 1070. The molecule has 2 aromatic heterocycles. The molecule has 5 nitrogen and oxygen atoms in total. The summed E-state index contributed by atoms with van der Waals surface area (Å²) in [5.74, 6) is 0.570. The van der Waals surface area contributed by atoms with Crippen LogP contribution in [0.4, 0.5) is 0 Å². The number of rotatable bonds is 6. The fourth-order valence-electron chi connectivity index (χ4n) is 3.19. The van der Waals surface area contributed by atoms with E-state index in [1.54, 1.807) is 17.4 Å². The number of benzene rings is 2. The van der Waals surface area contributed by atoms with E-state index in [1.165, 1.54) is 4.88 Å². The fraction of sp³-hybridized carbons (Fsp3) is 0.182. The van der Waals surface area contributed by atoms with E-state index in [2.05, 4.69) is 26.8 Å². The molecule has 0 fully saturated rings. The number of nitrogens with zero attached hydrogens (tertiary/aromatic N) is 2. The molecule has 0 saturated heterocycles. The van der Waals surface area contributed by atoms with Crippen LogP contribution in [0, 0.1) is 0 Å². The van der Waals surface area contributed by atoms with E-state index in [0.717, 1.165) is 16.5 Å². The monoisotopic (exact) mass is 391 g/mol. The number of hydrogen-bond acceptors (Lipinski definition) is 5. The average Bonchev–Trinajstić information content (AvgIpc) is 3.38. The molecule has 0 bridgehead atoms. The van der Waals surface area contributed by atoms with Gasteiger partial charge < -0.3 is 14.7 Å². The Morgan fingerprint density at radius 1 is 1.14 bits per heavy atom. The van der Waals surface area contributed by atoms with Gasteiger partial charge in [0, 0.05) is 22.5 Å². The maximum absolute atomic E-state index is 12.8. The van der Waals surface area contributed by atoms with E-state index >= 15 is 0 Å². The number of amides is 1. The van der Waals surface area contributed by atoms with Gasteiger partial charge in [-0.1, -0.05) is 41.6 Å². The van der Waals surface area contributed by atoms with Gasteiger partial charge in [-0.25, -0.2) is 0 Å². The van der Waals surface area contributed by atoms with Gasteiger partial charge >= 0.3 is 0 Å². The largest absolute Gasteiger partial charge is 0.355 e. The summed E-state index contributed by atoms with van der Waals surface area (Å²) >= 11 is 1.70. The molecule has 0 radical (unpaired) electrons. The zero-order valence-electron chi connectivity index (χ0n) is 15.8. The highest BCUT2D eigenvalue weighted by atomic mass is 32.1. The van der Waals surface area contributed by atoms with Gasteiger partial charge in [-0.3, -0.25) is 4.79 Å². The lowest BCUT2D eigenvalue weighted by molar-refractivity contribution is 0.0942. The molecule has 1 atom stereocenters. The summed E-state index contributed by atoms with van der Waals surface area (Å²) in [5.41, 5.74) is 2.27. The number of fused-ring (bicyclic) bond motifs is 1. The Kier molecular flexibility index (Phi) is 5.23. The van der Waals surface area contributed by atoms with Crippen LogP contribution in [0.5, 0.6) is 0 Å². The van der Waals surface area contributed by atoms with E-state index in [0.29, 0.717) is 17.9 Å². The molecule has 6 heteroatoms. The number of hydrogen-bond donors (Lipinski definition) is 1. The van der Waals surface area contributed by atoms with Gasteiger partial charge in [-0.05, 0) is 43.7 Å². The van der Waals surface area contributed by atoms with Crippen LogP contribution in [0.3, 0.4) is 0 Å². The highest BCUT2D eigenvalue weighted by Gasteiger charge is 2.18. The van der Waals surface area contributed by atoms with Crippen molar-refractivity contribution in [3.05, 3.63) is 76.5 Å². The van der Waals surface area contributed by atoms with E-state index in [4.69, 9.17) is 4.52 Å². The molecular formula is C22H21N3O2S. The highest BCUT2D eigenvalue weighted by molar-refractivity contribution is 7.10. The first-order valence-corrected chi connectivity index (χ1v) is 9.94. The van der Waals surface area contributed by atoms with Crippen LogP contribution in [-0.2, 0) is 0 Å². The van der Waals surface area contributed by atoms with E-state index in [9.17, 15) is 4.79 Å². The van der Waals surface area contributed by atoms with E-state index in [-0.39, 0.29) is 11.9 Å². The number of likely N-dealkylation sites (N-methyl/N-ethyl adjacent to an activating group) is 1. The smallest absolute Gasteiger partial charge is 0.251 e. The topological polar surface area (TPSA) is 58.4 Å². The number of nitrogens with one attached hydrogen (secondary N) is 1. The summed E-state index contributed by atoms with van der Waals surface area (Å²) in [4.78, 5) is 16.1. The van der Waals surface area contributed by atoms with Crippen molar-refractivity contribution in [2.75, 3.05) is 20.6 Å². The van der Waals surface area contributed by atoms with Crippen molar-refractivity contribution in [2.45, 2.75) is 6.04 Å². The van der Waals surface area contributed by atoms with Crippen molar-refractivity contribution in [3.8, 4) is 11.3 Å². The molecular weight excluding hydrogens is 370 g/mol. The highest BCUT2D eigenvalue weighted by Crippen LogP contribution is 2.29. The van der Waals surface area contributed by atoms with Crippen LogP contribution in [0.15, 0.2) is 70.6 Å². The van der Waals surface area contributed by atoms with Gasteiger partial charge in [0.05, 0.1) is 11.4 Å². The quantitative estimate of drug-likeness (QED) is 0.522. The van der Waals surface area contributed by atoms with Crippen LogP contribution in [-0.4, -0.2) is 36.6 Å². The van der Waals surface area contributed by atoms with Gasteiger partial charge in [0.1, 0.15) is 5.52 Å². The van der Waals surface area contributed by atoms with Crippen molar-refractivity contribution < 1.29 is 9.32 Å². The Hall–Kier alpha value is -2.96. The second kappa shape index (κ2) is 7.96. The minimum absolute atomic E-state index is 0.106. The van der Waals surface area contributed by atoms with Crippen molar-refractivity contribution >= 4 is 28.1 Å². The van der Waals surface area contributed by atoms with Crippen LogP contribution in [0.25, 0.3) is 22.2 Å². The standard InChI is InChI=1S/C22H21N3O2S/c1-25(2)19(20-9-6-12-28-20)14-23-22(26)16-10-11-18-17(13-16)21(27-24-18)15-7-4-3-5-8-15/h3-13,19H,14H2,1-2H3,(H,23,26). The Balaban J connectivity index is 1.56. The lowest BCUT2D eigenvalue weighted by Gasteiger charge is -2.23. The molecule has 2 aromatic carbocycles. The molecule has 1 unspecified atom stereocenters. The van der Waals surface area contributed by atoms with Crippen LogP contribution < -0.4 is 5.32 Å². The Morgan fingerprint density at radius 3 is 2.68 bits per heavy atom. The molecule has 1 amide bonds. The lowest BCUT2D eigenvalue weighted by Crippen LogP contribution is -2.34. The summed E-state index contributed by atoms with van der Waals surface area (Å²) in [7, 11) is 4.04. The number of thiophene rings is 1. The molecule has 28 heavy (non-hydrogen) atoms. The van der Waals surface area contributed by atoms with Crippen LogP contribution >= 0.6 is 11.3 Å². The Labute approximate surface area is 167 Å². The summed E-state index contributed by atoms with van der Waals surface area (Å²) in [6.07, 6.45) is 0. The van der Waals surface area contributed by atoms with Gasteiger partial charge in [-0.15, -0.1) is 11.3 Å². The lowest BCUT2D eigenvalue weighted by atomic mass is 10.1. The predicted octanol–water partition coefficient (Wildman–Crippen LogP) is 4.59. The maximum Gasteiger partial charge on any atom is 0.251 e. The number of aromatic nitrogens is 1. The molecule has 1 N–H and O–H groups in total. The molecule has 0 saturated carbocycles. The SMILES string of the molecule is CN(C)C(CNC(=O)c1ccc2noc(-c3ccccc3)c2c1)c1cccs1. The van der Waals surface area contributed by atoms with Crippen LogP contribution in [0.2, 0.25) is 0 Å². The normalized spacial score (nSPS) is 12.4. The zero-order chi connectivity index (χ0) is 19.5. The molecule has 4 rings (SSSR count). The first-order valence-electron chi connectivity index (χ1n) is 9.06. The van der Waals surface area contributed by atoms with Crippen molar-refractivity contribution in [1.29, 1.82) is 0 Å². The minimum atomic E-state index is -0.106. The Morgan fingerprint density at radius 2 is 1.96 bits per heavy atom. The maximum atomic E-state index is 12.8. The van der Waals surface area contributed by atoms with E-state index < -0.39 is 0 Å². The third-order valence-electron chi connectivity index (χ3n) is 4.73. The molecule has 0 aliphatic carbocycles. The molecule has 4 aromatic rings. The summed E-state index contributed by atoms with van der Waals surface area (Å²) < 4.78 is 5.53. The summed E-state index contributed by atoms with van der Waals surface area (Å²) in [5, 5.41) is 10.1. The van der Waals surface area contributed by atoms with E-state index in [1.807, 2.05) is 62.6 Å². The minimum Gasteiger partial charge on any atom is -0.355 e. The number of carbonyl (C=O) groups is 1. The van der Waals surface area contributed by atoms with Crippen molar-refractivity contribution in [2.24, 2.45) is 0 Å². The molecule has 142 valence electrons. The van der Waals surface area contributed by atoms with Gasteiger partial charge in [0.2, 0.25) is 0 Å². The number of carbonyl (C=O) groups excluding carboxylic acids is 1. The third kappa shape index (κ3) is 3.69. The third-order valence-corrected chi connectivity index (χ3v) is 5.70. The van der Waals surface area contributed by atoms with Crippen molar-refractivity contribution in [3.63, 3.8) is 0 Å². The van der Waals surface area contributed by atoms with Crippen molar-refractivity contribution in [1.82, 2.24) is 15.4 Å². The second-order valence-electron chi connectivity index (χ2n) is 6.81. The van der Waals surface area contributed by atoms with Gasteiger partial charge in [-0.2, -0.15) is 0 Å². The fourth-order valence-corrected chi connectivity index (χ4v) is 4.11. The first-order chi connectivity index (χ1) is 13.6. The molecule has 0 aliphatic heterocycles. The zero-order valence-corrected chi connectivity index (χ0v) is 16.6. The molecule has 0 spiro atoms. The summed E-state index contributed by atoms with van der Waals surface area (Å²) in [6.45, 7) is 0.541.